The van der Waals surface area contributed by atoms with Crippen molar-refractivity contribution in [1.82, 2.24) is 10.2 Å². The van der Waals surface area contributed by atoms with Crippen LogP contribution in [0.5, 0.6) is 0 Å². The summed E-state index contributed by atoms with van der Waals surface area (Å²) < 4.78 is 0. The van der Waals surface area contributed by atoms with E-state index in [1.54, 1.807) is 4.90 Å². The molecule has 2 heterocycles. The molecular formula is C17H20N2O3. The van der Waals surface area contributed by atoms with Gasteiger partial charge >= 0.3 is 0 Å². The number of piperidine rings is 1. The van der Waals surface area contributed by atoms with Crippen molar-refractivity contribution < 1.29 is 14.4 Å². The molecule has 0 aliphatic carbocycles. The number of carbonyl (C=O) groups is 3. The van der Waals surface area contributed by atoms with Gasteiger partial charge in [0, 0.05) is 18.5 Å². The monoisotopic (exact) mass is 300 g/mol. The van der Waals surface area contributed by atoms with E-state index >= 15 is 0 Å². The largest absolute Gasteiger partial charge is 0.322 e. The van der Waals surface area contributed by atoms with Gasteiger partial charge in [-0.25, -0.2) is 0 Å². The molecule has 116 valence electrons. The highest BCUT2D eigenvalue weighted by molar-refractivity contribution is 6.05. The van der Waals surface area contributed by atoms with Crippen LogP contribution in [0.2, 0.25) is 0 Å². The summed E-state index contributed by atoms with van der Waals surface area (Å²) in [5.41, 5.74) is 2.81. The molecule has 3 rings (SSSR count). The first-order valence-electron chi connectivity index (χ1n) is 7.78. The van der Waals surface area contributed by atoms with Crippen molar-refractivity contribution in [2.45, 2.75) is 51.6 Å². The van der Waals surface area contributed by atoms with Crippen molar-refractivity contribution >= 4 is 17.7 Å². The lowest BCUT2D eigenvalue weighted by Gasteiger charge is -2.29. The Morgan fingerprint density at radius 3 is 2.77 bits per heavy atom. The van der Waals surface area contributed by atoms with Gasteiger partial charge in [-0.15, -0.1) is 0 Å². The van der Waals surface area contributed by atoms with Gasteiger partial charge in [0.1, 0.15) is 6.04 Å². The predicted molar refractivity (Wildman–Crippen MR) is 81.2 cm³/mol. The van der Waals surface area contributed by atoms with Crippen LogP contribution >= 0.6 is 0 Å². The zero-order valence-electron chi connectivity index (χ0n) is 12.9. The van der Waals surface area contributed by atoms with Crippen LogP contribution in [-0.2, 0) is 16.1 Å². The number of fused-ring (bicyclic) bond motifs is 1. The molecular weight excluding hydrogens is 280 g/mol. The number of nitrogens with zero attached hydrogens (tertiary/aromatic N) is 1. The highest BCUT2D eigenvalue weighted by atomic mass is 16.2. The van der Waals surface area contributed by atoms with E-state index in [4.69, 9.17) is 0 Å². The Hall–Kier alpha value is -2.17. The van der Waals surface area contributed by atoms with Crippen molar-refractivity contribution in [3.05, 3.63) is 34.9 Å². The molecule has 2 atom stereocenters. The molecule has 0 bridgehead atoms. The second-order valence-corrected chi connectivity index (χ2v) is 6.13. The Kier molecular flexibility index (Phi) is 3.72. The van der Waals surface area contributed by atoms with E-state index in [9.17, 15) is 14.4 Å². The minimum Gasteiger partial charge on any atom is -0.322 e. The average molecular weight is 300 g/mol. The Morgan fingerprint density at radius 1 is 1.32 bits per heavy atom. The Labute approximate surface area is 129 Å². The van der Waals surface area contributed by atoms with Crippen LogP contribution in [0.25, 0.3) is 0 Å². The van der Waals surface area contributed by atoms with E-state index in [2.05, 4.69) is 25.2 Å². The normalized spacial score (nSPS) is 22.5. The summed E-state index contributed by atoms with van der Waals surface area (Å²) >= 11 is 0. The second kappa shape index (κ2) is 5.55. The zero-order valence-corrected chi connectivity index (χ0v) is 12.9. The molecule has 2 unspecified atom stereocenters. The second-order valence-electron chi connectivity index (χ2n) is 6.13. The van der Waals surface area contributed by atoms with E-state index in [1.807, 2.05) is 12.1 Å². The molecule has 0 aromatic heterocycles. The Bertz CT molecular complexity index is 653. The van der Waals surface area contributed by atoms with Crippen molar-refractivity contribution in [2.24, 2.45) is 0 Å². The van der Waals surface area contributed by atoms with Crippen LogP contribution in [0.4, 0.5) is 0 Å². The maximum Gasteiger partial charge on any atom is 0.255 e. The number of rotatable bonds is 3. The number of hydrogen-bond acceptors (Lipinski definition) is 3. The molecule has 1 fully saturated rings. The number of benzene rings is 1. The average Bonchev–Trinajstić information content (AvgIpc) is 2.83. The summed E-state index contributed by atoms with van der Waals surface area (Å²) in [5, 5.41) is 2.32. The summed E-state index contributed by atoms with van der Waals surface area (Å²) in [6.07, 6.45) is 1.71. The van der Waals surface area contributed by atoms with Crippen LogP contribution < -0.4 is 5.32 Å². The third-order valence-electron chi connectivity index (χ3n) is 4.73. The fourth-order valence-corrected chi connectivity index (χ4v) is 3.11. The summed E-state index contributed by atoms with van der Waals surface area (Å²) in [4.78, 5) is 37.5. The zero-order chi connectivity index (χ0) is 15.9. The minimum absolute atomic E-state index is 0.102. The van der Waals surface area contributed by atoms with Crippen LogP contribution in [-0.4, -0.2) is 28.7 Å². The van der Waals surface area contributed by atoms with Gasteiger partial charge in [0.2, 0.25) is 11.8 Å². The molecule has 5 nitrogen and oxygen atoms in total. The minimum atomic E-state index is -0.537. The maximum atomic E-state index is 12.6. The summed E-state index contributed by atoms with van der Waals surface area (Å²) in [6, 6.07) is 5.47. The van der Waals surface area contributed by atoms with Gasteiger partial charge in [-0.05, 0) is 36.0 Å². The summed E-state index contributed by atoms with van der Waals surface area (Å²) in [5.74, 6) is -0.318. The lowest BCUT2D eigenvalue weighted by Crippen LogP contribution is -2.52. The van der Waals surface area contributed by atoms with E-state index in [0.717, 1.165) is 17.5 Å². The molecule has 1 aromatic carbocycles. The molecule has 0 saturated carbocycles. The molecule has 1 saturated heterocycles. The first-order valence-corrected chi connectivity index (χ1v) is 7.78. The number of hydrogen-bond donors (Lipinski definition) is 1. The van der Waals surface area contributed by atoms with Crippen LogP contribution in [0.3, 0.4) is 0 Å². The van der Waals surface area contributed by atoms with Gasteiger partial charge in [0.15, 0.2) is 0 Å². The van der Waals surface area contributed by atoms with E-state index < -0.39 is 6.04 Å². The molecule has 22 heavy (non-hydrogen) atoms. The topological polar surface area (TPSA) is 66.5 Å². The third-order valence-corrected chi connectivity index (χ3v) is 4.73. The Morgan fingerprint density at radius 2 is 2.09 bits per heavy atom. The molecule has 1 aromatic rings. The fraction of sp³-hybridized carbons (Fsp3) is 0.471. The third kappa shape index (κ3) is 2.40. The van der Waals surface area contributed by atoms with Crippen LogP contribution in [0.1, 0.15) is 60.5 Å². The van der Waals surface area contributed by atoms with Crippen LogP contribution in [0, 0.1) is 0 Å². The molecule has 0 spiro atoms. The van der Waals surface area contributed by atoms with E-state index in [-0.39, 0.29) is 24.1 Å². The molecule has 1 N–H and O–H groups in total. The molecule has 2 aliphatic heterocycles. The van der Waals surface area contributed by atoms with Crippen LogP contribution in [0.15, 0.2) is 18.2 Å². The molecule has 5 heteroatoms. The van der Waals surface area contributed by atoms with Crippen molar-refractivity contribution in [2.75, 3.05) is 0 Å². The standard InChI is InChI=1S/C17H20N2O3/c1-3-10(2)11-4-5-12-9-19(17(22)13(12)8-11)14-6-7-15(20)18-16(14)21/h4-5,8,10,14H,3,6-7,9H2,1-2H3,(H,18,20,21). The summed E-state index contributed by atoms with van der Waals surface area (Å²) in [7, 11) is 0. The van der Waals surface area contributed by atoms with Gasteiger partial charge in [-0.2, -0.15) is 0 Å². The van der Waals surface area contributed by atoms with E-state index in [0.29, 0.717) is 24.4 Å². The van der Waals surface area contributed by atoms with Gasteiger partial charge in [-0.3, -0.25) is 19.7 Å². The fourth-order valence-electron chi connectivity index (χ4n) is 3.11. The first kappa shape index (κ1) is 14.8. The predicted octanol–water partition coefficient (Wildman–Crippen LogP) is 1.96. The van der Waals surface area contributed by atoms with Gasteiger partial charge < -0.3 is 4.90 Å². The van der Waals surface area contributed by atoms with Crippen molar-refractivity contribution in [3.63, 3.8) is 0 Å². The summed E-state index contributed by atoms with van der Waals surface area (Å²) in [6.45, 7) is 4.70. The lowest BCUT2D eigenvalue weighted by atomic mass is 9.95. The highest BCUT2D eigenvalue weighted by Crippen LogP contribution is 2.30. The quantitative estimate of drug-likeness (QED) is 0.868. The van der Waals surface area contributed by atoms with Gasteiger partial charge in [0.05, 0.1) is 0 Å². The Balaban J connectivity index is 1.85. The number of imide groups is 1. The molecule has 0 radical (unpaired) electrons. The van der Waals surface area contributed by atoms with Gasteiger partial charge in [-0.1, -0.05) is 26.0 Å². The van der Waals surface area contributed by atoms with Crippen molar-refractivity contribution in [3.8, 4) is 0 Å². The first-order chi connectivity index (χ1) is 10.5. The lowest BCUT2D eigenvalue weighted by molar-refractivity contribution is -0.136. The van der Waals surface area contributed by atoms with Crippen molar-refractivity contribution in [1.29, 1.82) is 0 Å². The molecule has 3 amide bonds. The molecule has 2 aliphatic rings. The maximum absolute atomic E-state index is 12.6. The number of nitrogens with one attached hydrogen (secondary N) is 1. The number of amides is 3. The SMILES string of the molecule is CCC(C)c1ccc2c(c1)C(=O)N(C1CCC(=O)NC1=O)C2. The number of carbonyl (C=O) groups excluding carboxylic acids is 3. The smallest absolute Gasteiger partial charge is 0.255 e. The van der Waals surface area contributed by atoms with E-state index in [1.165, 1.54) is 0 Å². The highest BCUT2D eigenvalue weighted by Gasteiger charge is 2.39. The van der Waals surface area contributed by atoms with Gasteiger partial charge in [0.25, 0.3) is 5.91 Å².